The first kappa shape index (κ1) is 23.5. The second-order valence-electron chi connectivity index (χ2n) is 1.03. The smallest absolute Gasteiger partial charge is 0.317 e. The summed E-state index contributed by atoms with van der Waals surface area (Å²) in [7, 11) is 0. The Hall–Kier alpha value is 1.70. The van der Waals surface area contributed by atoms with Gasteiger partial charge in [0.2, 0.25) is 0 Å². The van der Waals surface area contributed by atoms with E-state index in [1.54, 1.807) is 0 Å². The number of hydrogen-bond donors (Lipinski definition) is 6. The maximum atomic E-state index is 9.19. The first-order valence-electron chi connectivity index (χ1n) is 1.57. The predicted octanol–water partition coefficient (Wildman–Crippen LogP) is 0.243. The van der Waals surface area contributed by atoms with Gasteiger partial charge < -0.3 is 19.6 Å². The van der Waals surface area contributed by atoms with Gasteiger partial charge in [0, 0.05) is 0 Å². The molecule has 80 valence electrons. The molecule has 0 aromatic carbocycles. The maximum absolute atomic E-state index is 9.19. The molecule has 0 aliphatic heterocycles. The minimum atomic E-state index is -3.94. The van der Waals surface area contributed by atoms with Crippen LogP contribution in [0, 0.1) is 0 Å². The Morgan fingerprint density at radius 3 is 0.750 bits per heavy atom. The van der Waals surface area contributed by atoms with Crippen molar-refractivity contribution in [3.05, 3.63) is 0 Å². The van der Waals surface area contributed by atoms with E-state index in [1.165, 1.54) is 0 Å². The van der Waals surface area contributed by atoms with Crippen LogP contribution < -0.4 is 0 Å². The molecule has 12 heavy (non-hydrogen) atoms. The van der Waals surface area contributed by atoms with Crippen molar-refractivity contribution < 1.29 is 28.7 Å². The highest BCUT2D eigenvalue weighted by Crippen LogP contribution is 2.39. The third-order valence-electron chi connectivity index (χ3n) is 0. The molecule has 12 heteroatoms. The fourth-order valence-electron chi connectivity index (χ4n) is 0. The van der Waals surface area contributed by atoms with Crippen molar-refractivity contribution in [3.8, 4) is 0 Å². The van der Waals surface area contributed by atoms with Crippen molar-refractivity contribution in [3.63, 3.8) is 0 Å². The fraction of sp³-hybridized carbons (Fsp3) is 0. The topological polar surface area (TPSA) is 115 Å². The average molecular weight is 296 g/mol. The SMILES string of the molecule is O=P(O)(O)S.O=P(O)(O)S.S.S. The van der Waals surface area contributed by atoms with E-state index in [1.807, 2.05) is 0 Å². The van der Waals surface area contributed by atoms with E-state index >= 15 is 0 Å². The van der Waals surface area contributed by atoms with Gasteiger partial charge in [0.15, 0.2) is 0 Å². The lowest BCUT2D eigenvalue weighted by atomic mass is 15.8. The van der Waals surface area contributed by atoms with Gasteiger partial charge in [-0.1, -0.05) is 24.5 Å². The van der Waals surface area contributed by atoms with Crippen LogP contribution in [-0.4, -0.2) is 19.6 Å². The summed E-state index contributed by atoms with van der Waals surface area (Å²) < 4.78 is 18.4. The van der Waals surface area contributed by atoms with Crippen LogP contribution in [-0.2, 0) is 9.13 Å². The van der Waals surface area contributed by atoms with Crippen molar-refractivity contribution in [2.45, 2.75) is 0 Å². The molecule has 0 spiro atoms. The molecule has 0 amide bonds. The minimum absolute atomic E-state index is 0. The van der Waals surface area contributed by atoms with Crippen molar-refractivity contribution in [2.75, 3.05) is 0 Å². The molecule has 0 aliphatic rings. The Balaban J connectivity index is -0.0000000457. The van der Waals surface area contributed by atoms with E-state index < -0.39 is 13.6 Å². The third-order valence-corrected chi connectivity index (χ3v) is 0. The number of hydrogen-bond acceptors (Lipinski definition) is 2. The van der Waals surface area contributed by atoms with Gasteiger partial charge in [-0.15, -0.1) is 0 Å². The zero-order chi connectivity index (χ0) is 9.00. The number of thiol groups is 2. The van der Waals surface area contributed by atoms with E-state index in [-0.39, 0.29) is 27.0 Å². The number of rotatable bonds is 0. The average Bonchev–Trinajstić information content (AvgIpc) is 1.12. The molecule has 0 unspecified atom stereocenters. The summed E-state index contributed by atoms with van der Waals surface area (Å²) in [4.78, 5) is 30.0. The lowest BCUT2D eigenvalue weighted by molar-refractivity contribution is 0.395. The van der Waals surface area contributed by atoms with E-state index in [0.29, 0.717) is 0 Å². The fourth-order valence-corrected chi connectivity index (χ4v) is 0. The van der Waals surface area contributed by atoms with Crippen molar-refractivity contribution in [1.29, 1.82) is 0 Å². The Kier molecular flexibility index (Phi) is 18.1. The van der Waals surface area contributed by atoms with Crippen LogP contribution >= 0.6 is 65.1 Å². The first-order valence-corrected chi connectivity index (χ1v) is 7.10. The van der Waals surface area contributed by atoms with E-state index in [4.69, 9.17) is 19.6 Å². The molecule has 0 saturated heterocycles. The van der Waals surface area contributed by atoms with Crippen LogP contribution in [0.15, 0.2) is 0 Å². The molecule has 0 fully saturated rings. The predicted molar refractivity (Wildman–Crippen MR) is 62.8 cm³/mol. The van der Waals surface area contributed by atoms with Crippen LogP contribution in [0.25, 0.3) is 0 Å². The standard InChI is InChI=1S/2H3O3PS.2H2S/c2*1-4(2,3)5;;/h2*(H3,1,2,3,5);2*1H2. The summed E-state index contributed by atoms with van der Waals surface area (Å²) in [5.41, 5.74) is 0. The molecule has 0 saturated carbocycles. The van der Waals surface area contributed by atoms with Crippen molar-refractivity contribution >= 4 is 65.1 Å². The van der Waals surface area contributed by atoms with Gasteiger partial charge in [-0.25, -0.2) is 9.13 Å². The molecule has 0 radical (unpaired) electrons. The zero-order valence-electron chi connectivity index (χ0n) is 5.39. The summed E-state index contributed by atoms with van der Waals surface area (Å²) in [6.07, 6.45) is 0. The monoisotopic (exact) mass is 296 g/mol. The Bertz CT molecular complexity index is 130. The van der Waals surface area contributed by atoms with Crippen LogP contribution in [0.4, 0.5) is 0 Å². The van der Waals surface area contributed by atoms with Crippen LogP contribution in [0.3, 0.4) is 0 Å². The molecule has 0 aromatic heterocycles. The van der Waals surface area contributed by atoms with Crippen molar-refractivity contribution in [2.24, 2.45) is 0 Å². The Morgan fingerprint density at radius 2 is 0.750 bits per heavy atom. The quantitative estimate of drug-likeness (QED) is 0.282. The lowest BCUT2D eigenvalue weighted by Gasteiger charge is -1.83. The molecule has 0 aliphatic carbocycles. The molecule has 4 N–H and O–H groups in total. The van der Waals surface area contributed by atoms with E-state index in [9.17, 15) is 9.13 Å². The summed E-state index contributed by atoms with van der Waals surface area (Å²) in [5.74, 6) is 0. The normalized spacial score (nSPS) is 9.83. The molecular weight excluding hydrogens is 286 g/mol. The van der Waals surface area contributed by atoms with Gasteiger partial charge in [0.1, 0.15) is 0 Å². The van der Waals surface area contributed by atoms with Gasteiger partial charge >= 0.3 is 13.6 Å². The molecule has 0 aromatic rings. The zero-order valence-corrected chi connectivity index (χ0v) is 11.0. The molecule has 6 nitrogen and oxygen atoms in total. The Morgan fingerprint density at radius 1 is 0.750 bits per heavy atom. The van der Waals surface area contributed by atoms with Gasteiger partial charge in [0.25, 0.3) is 0 Å². The van der Waals surface area contributed by atoms with E-state index in [0.717, 1.165) is 0 Å². The van der Waals surface area contributed by atoms with Crippen LogP contribution in [0.2, 0.25) is 0 Å². The molecule has 0 atom stereocenters. The summed E-state index contributed by atoms with van der Waals surface area (Å²) in [5, 5.41) is 0. The summed E-state index contributed by atoms with van der Waals surface area (Å²) in [6.45, 7) is -7.89. The lowest BCUT2D eigenvalue weighted by Crippen LogP contribution is -1.54. The molecular formula is H10O6P2S4. The second-order valence-corrected chi connectivity index (χ2v) is 6.21. The van der Waals surface area contributed by atoms with Crippen LogP contribution in [0.5, 0.6) is 0 Å². The summed E-state index contributed by atoms with van der Waals surface area (Å²) >= 11 is 5.58. The molecule has 0 bridgehead atoms. The maximum Gasteiger partial charge on any atom is 0.380 e. The second kappa shape index (κ2) is 9.26. The van der Waals surface area contributed by atoms with Crippen LogP contribution in [0.1, 0.15) is 0 Å². The molecule has 0 rings (SSSR count). The first-order chi connectivity index (χ1) is 4.00. The minimum Gasteiger partial charge on any atom is -0.317 e. The third kappa shape index (κ3) is 464. The van der Waals surface area contributed by atoms with Crippen molar-refractivity contribution in [1.82, 2.24) is 0 Å². The van der Waals surface area contributed by atoms with Gasteiger partial charge in [-0.2, -0.15) is 27.0 Å². The Labute approximate surface area is 93.7 Å². The van der Waals surface area contributed by atoms with Gasteiger partial charge in [-0.3, -0.25) is 0 Å². The van der Waals surface area contributed by atoms with E-state index in [2.05, 4.69) is 24.5 Å². The largest absolute Gasteiger partial charge is 0.380 e. The van der Waals surface area contributed by atoms with Gasteiger partial charge in [0.05, 0.1) is 0 Å². The highest BCUT2D eigenvalue weighted by molar-refractivity contribution is 8.44. The highest BCUT2D eigenvalue weighted by Gasteiger charge is 1.98. The van der Waals surface area contributed by atoms with Gasteiger partial charge in [-0.05, 0) is 0 Å². The highest BCUT2D eigenvalue weighted by atomic mass is 32.7. The molecule has 0 heterocycles. The summed E-state index contributed by atoms with van der Waals surface area (Å²) in [6, 6.07) is 0.